The van der Waals surface area contributed by atoms with Gasteiger partial charge in [-0.25, -0.2) is 4.98 Å². The number of ether oxygens (including phenoxy) is 1. The Morgan fingerprint density at radius 2 is 1.96 bits per heavy atom. The molecule has 114 valence electrons. The first-order chi connectivity index (χ1) is 11.4. The Bertz CT molecular complexity index is 868. The van der Waals surface area contributed by atoms with E-state index in [0.29, 0.717) is 18.4 Å². The lowest BCUT2D eigenvalue weighted by Crippen LogP contribution is -1.95. The van der Waals surface area contributed by atoms with Gasteiger partial charge >= 0.3 is 0 Å². The van der Waals surface area contributed by atoms with Crippen LogP contribution in [-0.4, -0.2) is 15.2 Å². The molecule has 3 heterocycles. The molecule has 0 aliphatic rings. The summed E-state index contributed by atoms with van der Waals surface area (Å²) >= 11 is 1.59. The predicted molar refractivity (Wildman–Crippen MR) is 83.9 cm³/mol. The fourth-order valence-electron chi connectivity index (χ4n) is 2.04. The second kappa shape index (κ2) is 6.05. The second-order valence-corrected chi connectivity index (χ2v) is 5.63. The fraction of sp³-hybridized carbons (Fsp3) is 0.0625. The number of thiophene rings is 1. The van der Waals surface area contributed by atoms with E-state index < -0.39 is 0 Å². The van der Waals surface area contributed by atoms with Crippen molar-refractivity contribution in [1.82, 2.24) is 15.2 Å². The predicted octanol–water partition coefficient (Wildman–Crippen LogP) is 4.03. The molecule has 0 radical (unpaired) electrons. The molecule has 0 amide bonds. The molecular weight excluding hydrogens is 314 g/mol. The first-order valence-corrected chi connectivity index (χ1v) is 7.74. The summed E-state index contributed by atoms with van der Waals surface area (Å²) in [7, 11) is 0. The van der Waals surface area contributed by atoms with E-state index >= 15 is 0 Å². The van der Waals surface area contributed by atoms with E-state index in [1.807, 2.05) is 41.8 Å². The van der Waals surface area contributed by atoms with Crippen LogP contribution < -0.4 is 4.74 Å². The lowest BCUT2D eigenvalue weighted by Gasteiger charge is -2.03. The maximum absolute atomic E-state index is 5.71. The summed E-state index contributed by atoms with van der Waals surface area (Å²) in [6.07, 6.45) is 2.91. The Morgan fingerprint density at radius 3 is 2.70 bits per heavy atom. The molecule has 0 bridgehead atoms. The van der Waals surface area contributed by atoms with Gasteiger partial charge in [0.25, 0.3) is 0 Å². The molecule has 0 saturated heterocycles. The van der Waals surface area contributed by atoms with Crippen LogP contribution in [-0.2, 0) is 6.61 Å². The highest BCUT2D eigenvalue weighted by molar-refractivity contribution is 7.13. The average Bonchev–Trinajstić information content (AvgIpc) is 3.35. The van der Waals surface area contributed by atoms with E-state index in [1.54, 1.807) is 17.6 Å². The summed E-state index contributed by atoms with van der Waals surface area (Å²) in [5, 5.41) is 9.50. The van der Waals surface area contributed by atoms with Crippen LogP contribution >= 0.6 is 11.3 Å². The topological polar surface area (TPSA) is 74.2 Å². The van der Waals surface area contributed by atoms with Crippen molar-refractivity contribution < 1.29 is 13.6 Å². The van der Waals surface area contributed by atoms with Gasteiger partial charge in [-0.05, 0) is 35.7 Å². The summed E-state index contributed by atoms with van der Waals surface area (Å²) in [6, 6.07) is 11.4. The van der Waals surface area contributed by atoms with E-state index in [9.17, 15) is 0 Å². The Hall–Kier alpha value is -2.93. The summed E-state index contributed by atoms with van der Waals surface area (Å²) in [5.74, 6) is 1.83. The van der Waals surface area contributed by atoms with Gasteiger partial charge in [0, 0.05) is 5.56 Å². The van der Waals surface area contributed by atoms with Gasteiger partial charge < -0.3 is 13.6 Å². The van der Waals surface area contributed by atoms with Crippen LogP contribution in [0.5, 0.6) is 5.75 Å². The van der Waals surface area contributed by atoms with Crippen LogP contribution in [0.4, 0.5) is 0 Å². The lowest BCUT2D eigenvalue weighted by atomic mass is 10.2. The number of hydrogen-bond donors (Lipinski definition) is 0. The highest BCUT2D eigenvalue weighted by Gasteiger charge is 2.08. The molecule has 0 unspecified atom stereocenters. The molecule has 7 heteroatoms. The van der Waals surface area contributed by atoms with Crippen LogP contribution in [0, 0.1) is 0 Å². The van der Waals surface area contributed by atoms with Crippen molar-refractivity contribution in [3.63, 3.8) is 0 Å². The molecule has 4 rings (SSSR count). The van der Waals surface area contributed by atoms with E-state index in [1.165, 1.54) is 6.39 Å². The van der Waals surface area contributed by atoms with Gasteiger partial charge in [0.05, 0.1) is 4.88 Å². The van der Waals surface area contributed by atoms with E-state index in [4.69, 9.17) is 13.6 Å². The summed E-state index contributed by atoms with van der Waals surface area (Å²) in [5.41, 5.74) is 1.59. The van der Waals surface area contributed by atoms with Crippen LogP contribution in [0.15, 0.2) is 63.3 Å². The van der Waals surface area contributed by atoms with Crippen LogP contribution in [0.1, 0.15) is 5.69 Å². The van der Waals surface area contributed by atoms with E-state index in [2.05, 4.69) is 15.2 Å². The number of oxazole rings is 1. The molecular formula is C16H11N3O3S. The number of hydrogen-bond acceptors (Lipinski definition) is 7. The molecule has 4 aromatic rings. The third-order valence-electron chi connectivity index (χ3n) is 3.13. The Labute approximate surface area is 135 Å². The first-order valence-electron chi connectivity index (χ1n) is 6.86. The third kappa shape index (κ3) is 3.00. The lowest BCUT2D eigenvalue weighted by molar-refractivity contribution is 0.301. The monoisotopic (exact) mass is 325 g/mol. The molecule has 0 saturated carbocycles. The second-order valence-electron chi connectivity index (χ2n) is 4.68. The van der Waals surface area contributed by atoms with Crippen LogP contribution in [0.2, 0.25) is 0 Å². The number of nitrogens with zero attached hydrogens (tertiary/aromatic N) is 3. The van der Waals surface area contributed by atoms with Crippen LogP contribution in [0.25, 0.3) is 22.2 Å². The summed E-state index contributed by atoms with van der Waals surface area (Å²) < 4.78 is 16.3. The van der Waals surface area contributed by atoms with Gasteiger partial charge in [0.15, 0.2) is 0 Å². The minimum atomic E-state index is 0.342. The van der Waals surface area contributed by atoms with Gasteiger partial charge in [-0.1, -0.05) is 6.07 Å². The summed E-state index contributed by atoms with van der Waals surface area (Å²) in [4.78, 5) is 5.41. The van der Waals surface area contributed by atoms with Crippen molar-refractivity contribution >= 4 is 11.3 Å². The normalized spacial score (nSPS) is 10.8. The third-order valence-corrected chi connectivity index (χ3v) is 3.99. The van der Waals surface area contributed by atoms with Gasteiger partial charge in [-0.2, -0.15) is 0 Å². The molecule has 0 aliphatic heterocycles. The van der Waals surface area contributed by atoms with Gasteiger partial charge in [-0.15, -0.1) is 21.5 Å². The Kier molecular flexibility index (Phi) is 3.61. The number of aromatic nitrogens is 3. The van der Waals surface area contributed by atoms with Crippen molar-refractivity contribution in [3.8, 4) is 28.0 Å². The van der Waals surface area contributed by atoms with Crippen molar-refractivity contribution in [3.05, 3.63) is 60.1 Å². The van der Waals surface area contributed by atoms with Crippen molar-refractivity contribution in [2.45, 2.75) is 6.61 Å². The van der Waals surface area contributed by atoms with Crippen molar-refractivity contribution in [1.29, 1.82) is 0 Å². The zero-order chi connectivity index (χ0) is 15.5. The fourth-order valence-corrected chi connectivity index (χ4v) is 2.69. The van der Waals surface area contributed by atoms with E-state index in [-0.39, 0.29) is 0 Å². The average molecular weight is 325 g/mol. The molecule has 3 aromatic heterocycles. The quantitative estimate of drug-likeness (QED) is 0.551. The van der Waals surface area contributed by atoms with Crippen LogP contribution in [0.3, 0.4) is 0 Å². The molecule has 23 heavy (non-hydrogen) atoms. The van der Waals surface area contributed by atoms with Gasteiger partial charge in [0.1, 0.15) is 24.3 Å². The summed E-state index contributed by atoms with van der Waals surface area (Å²) in [6.45, 7) is 0.342. The van der Waals surface area contributed by atoms with E-state index in [0.717, 1.165) is 21.9 Å². The Morgan fingerprint density at radius 1 is 1.04 bits per heavy atom. The van der Waals surface area contributed by atoms with Crippen molar-refractivity contribution in [2.75, 3.05) is 0 Å². The van der Waals surface area contributed by atoms with Gasteiger partial charge in [-0.3, -0.25) is 0 Å². The molecule has 0 atom stereocenters. The maximum atomic E-state index is 5.71. The smallest absolute Gasteiger partial charge is 0.247 e. The maximum Gasteiger partial charge on any atom is 0.247 e. The number of rotatable bonds is 5. The largest absolute Gasteiger partial charge is 0.487 e. The minimum absolute atomic E-state index is 0.342. The SMILES string of the molecule is c1csc(-c2nc(COc3ccc(-c4nnco4)cc3)co2)c1. The molecule has 6 nitrogen and oxygen atoms in total. The highest BCUT2D eigenvalue weighted by atomic mass is 32.1. The molecule has 0 aliphatic carbocycles. The molecule has 1 aromatic carbocycles. The highest BCUT2D eigenvalue weighted by Crippen LogP contribution is 2.24. The molecule has 0 spiro atoms. The van der Waals surface area contributed by atoms with Gasteiger partial charge in [0.2, 0.25) is 18.2 Å². The zero-order valence-electron chi connectivity index (χ0n) is 11.9. The molecule has 0 fully saturated rings. The minimum Gasteiger partial charge on any atom is -0.487 e. The first kappa shape index (κ1) is 13.7. The standard InChI is InChI=1S/C16H11N3O3S/c1-2-14(23-7-1)16-18-12(9-21-16)8-20-13-5-3-11(4-6-13)15-19-17-10-22-15/h1-7,9-10H,8H2. The zero-order valence-corrected chi connectivity index (χ0v) is 12.7. The number of benzene rings is 1. The molecule has 0 N–H and O–H groups in total. The van der Waals surface area contributed by atoms with Crippen molar-refractivity contribution in [2.24, 2.45) is 0 Å². The Balaban J connectivity index is 1.41.